The van der Waals surface area contributed by atoms with Gasteiger partial charge in [0.05, 0.1) is 28.4 Å². The number of carboxylic acid groups (broad SMARTS) is 1. The van der Waals surface area contributed by atoms with E-state index in [1.165, 1.54) is 11.0 Å². The van der Waals surface area contributed by atoms with Gasteiger partial charge in [0.15, 0.2) is 0 Å². The second kappa shape index (κ2) is 9.21. The van der Waals surface area contributed by atoms with Crippen molar-refractivity contribution in [1.29, 1.82) is 0 Å². The minimum absolute atomic E-state index is 0.0854. The topological polar surface area (TPSA) is 80.1 Å². The highest BCUT2D eigenvalue weighted by Crippen LogP contribution is 2.45. The normalized spacial score (nSPS) is 22.6. The fourth-order valence-electron chi connectivity index (χ4n) is 5.67. The second-order valence-corrected chi connectivity index (χ2v) is 10.2. The molecule has 0 saturated carbocycles. The molecule has 0 spiro atoms. The van der Waals surface area contributed by atoms with E-state index in [0.29, 0.717) is 55.2 Å². The van der Waals surface area contributed by atoms with Crippen LogP contribution in [0, 0.1) is 12.7 Å². The third-order valence-corrected chi connectivity index (χ3v) is 7.95. The number of carbonyl (C=O) groups is 1. The van der Waals surface area contributed by atoms with Crippen molar-refractivity contribution in [2.45, 2.75) is 45.0 Å². The highest BCUT2D eigenvalue weighted by Gasteiger charge is 2.34. The van der Waals surface area contributed by atoms with Crippen LogP contribution in [-0.4, -0.2) is 69.4 Å². The zero-order chi connectivity index (χ0) is 25.0. The molecule has 2 aromatic carbocycles. The smallest absolute Gasteiger partial charge is 0.407 e. The van der Waals surface area contributed by atoms with Crippen LogP contribution >= 0.6 is 11.6 Å². The molecule has 36 heavy (non-hydrogen) atoms. The lowest BCUT2D eigenvalue weighted by atomic mass is 9.96. The zero-order valence-electron chi connectivity index (χ0n) is 20.0. The predicted molar refractivity (Wildman–Crippen MR) is 133 cm³/mol. The van der Waals surface area contributed by atoms with E-state index in [9.17, 15) is 9.90 Å². The van der Waals surface area contributed by atoms with Crippen LogP contribution in [0.15, 0.2) is 24.5 Å². The predicted octanol–water partition coefficient (Wildman–Crippen LogP) is 5.06. The van der Waals surface area contributed by atoms with Crippen molar-refractivity contribution in [3.8, 4) is 16.9 Å². The summed E-state index contributed by atoms with van der Waals surface area (Å²) in [7, 11) is 0. The lowest BCUT2D eigenvalue weighted by Gasteiger charge is -2.38. The molecule has 2 fully saturated rings. The Bertz CT molecular complexity index is 1340. The summed E-state index contributed by atoms with van der Waals surface area (Å²) in [5.74, 6) is 0.0276. The largest absolute Gasteiger partial charge is 0.490 e. The lowest BCUT2D eigenvalue weighted by molar-refractivity contribution is -0.0295. The molecule has 10 heteroatoms. The van der Waals surface area contributed by atoms with Crippen molar-refractivity contribution >= 4 is 28.7 Å². The molecule has 2 saturated heterocycles. The summed E-state index contributed by atoms with van der Waals surface area (Å²) in [5, 5.41) is 9.61. The molecule has 3 aliphatic rings. The molecule has 0 aliphatic carbocycles. The number of rotatable bonds is 2. The Balaban J connectivity index is 1.41. The van der Waals surface area contributed by atoms with E-state index >= 15 is 4.39 Å². The highest BCUT2D eigenvalue weighted by atomic mass is 35.5. The van der Waals surface area contributed by atoms with Crippen molar-refractivity contribution in [1.82, 2.24) is 19.4 Å². The number of aryl methyl sites for hydroxylation is 1. The molecule has 1 aromatic heterocycles. The van der Waals surface area contributed by atoms with Crippen molar-refractivity contribution < 1.29 is 23.8 Å². The van der Waals surface area contributed by atoms with E-state index in [4.69, 9.17) is 21.1 Å². The number of benzene rings is 2. The van der Waals surface area contributed by atoms with Crippen LogP contribution in [0.4, 0.5) is 9.18 Å². The molecule has 6 rings (SSSR count). The summed E-state index contributed by atoms with van der Waals surface area (Å²) in [6.07, 6.45) is 3.79. The van der Waals surface area contributed by atoms with Crippen molar-refractivity contribution in [3.63, 3.8) is 0 Å². The first-order valence-corrected chi connectivity index (χ1v) is 12.7. The molecule has 1 amide bonds. The summed E-state index contributed by atoms with van der Waals surface area (Å²) < 4.78 is 29.9. The first-order valence-electron chi connectivity index (χ1n) is 12.4. The highest BCUT2D eigenvalue weighted by molar-refractivity contribution is 6.35. The standard InChI is InChI=1S/C26H28ClFN4O4/c1-15-5-6-19-24(29-14-32(19)20-4-2-3-9-35-20)21(15)22-18(28)10-16-11-30-7-8-31(26(33)34)12-17(30)13-36-25(16)23(22)27/h5-6,10,14,17,20H,2-4,7-9,11-13H2,1H3,(H,33,34)/t17-,20?/m1/s1. The third-order valence-electron chi connectivity index (χ3n) is 7.59. The number of ether oxygens (including phenoxy) is 2. The number of aromatic nitrogens is 2. The third kappa shape index (κ3) is 3.90. The number of halogens is 2. The van der Waals surface area contributed by atoms with E-state index in [1.54, 1.807) is 6.33 Å². The summed E-state index contributed by atoms with van der Waals surface area (Å²) in [6.45, 7) is 4.67. The van der Waals surface area contributed by atoms with Crippen LogP contribution < -0.4 is 4.74 Å². The van der Waals surface area contributed by atoms with Crippen LogP contribution in [0.3, 0.4) is 0 Å². The van der Waals surface area contributed by atoms with Crippen molar-refractivity contribution in [2.24, 2.45) is 0 Å². The van der Waals surface area contributed by atoms with E-state index in [-0.39, 0.29) is 29.5 Å². The monoisotopic (exact) mass is 514 g/mol. The molecule has 8 nitrogen and oxygen atoms in total. The van der Waals surface area contributed by atoms with Gasteiger partial charge in [0.1, 0.15) is 24.4 Å². The molecule has 0 bridgehead atoms. The van der Waals surface area contributed by atoms with E-state index in [0.717, 1.165) is 30.3 Å². The summed E-state index contributed by atoms with van der Waals surface area (Å²) in [4.78, 5) is 19.7. The van der Waals surface area contributed by atoms with Gasteiger partial charge in [-0.3, -0.25) is 4.90 Å². The molecular weight excluding hydrogens is 487 g/mol. The number of amides is 1. The van der Waals surface area contributed by atoms with E-state index < -0.39 is 11.9 Å². The summed E-state index contributed by atoms with van der Waals surface area (Å²) >= 11 is 6.90. The number of piperazine rings is 1. The second-order valence-electron chi connectivity index (χ2n) is 9.80. The van der Waals surface area contributed by atoms with Gasteiger partial charge >= 0.3 is 6.09 Å². The molecular formula is C26H28ClFN4O4. The summed E-state index contributed by atoms with van der Waals surface area (Å²) in [6, 6.07) is 5.34. The molecule has 3 aromatic rings. The minimum Gasteiger partial charge on any atom is -0.490 e. The fourth-order valence-corrected chi connectivity index (χ4v) is 6.03. The van der Waals surface area contributed by atoms with Gasteiger partial charge in [-0.25, -0.2) is 14.2 Å². The average molecular weight is 515 g/mol. The van der Waals surface area contributed by atoms with Gasteiger partial charge in [-0.2, -0.15) is 0 Å². The Labute approximate surface area is 213 Å². The molecule has 0 radical (unpaired) electrons. The maximum atomic E-state index is 15.8. The minimum atomic E-state index is -0.940. The van der Waals surface area contributed by atoms with Gasteiger partial charge in [-0.15, -0.1) is 0 Å². The van der Waals surface area contributed by atoms with Crippen LogP contribution in [0.25, 0.3) is 22.2 Å². The Morgan fingerprint density at radius 2 is 2.11 bits per heavy atom. The molecule has 190 valence electrons. The maximum Gasteiger partial charge on any atom is 0.407 e. The average Bonchev–Trinajstić information content (AvgIpc) is 3.21. The first-order chi connectivity index (χ1) is 17.4. The fraction of sp³-hybridized carbons (Fsp3) is 0.462. The number of imidazole rings is 1. The van der Waals surface area contributed by atoms with E-state index in [2.05, 4.69) is 9.88 Å². The molecule has 2 atom stereocenters. The lowest BCUT2D eigenvalue weighted by Crippen LogP contribution is -2.55. The van der Waals surface area contributed by atoms with Crippen LogP contribution in [0.2, 0.25) is 5.02 Å². The molecule has 1 N–H and O–H groups in total. The van der Waals surface area contributed by atoms with Gasteiger partial charge in [0.2, 0.25) is 0 Å². The van der Waals surface area contributed by atoms with Gasteiger partial charge in [0, 0.05) is 49.5 Å². The van der Waals surface area contributed by atoms with Crippen LogP contribution in [-0.2, 0) is 11.3 Å². The maximum absolute atomic E-state index is 15.8. The number of hydrogen-bond acceptors (Lipinski definition) is 5. The van der Waals surface area contributed by atoms with Gasteiger partial charge < -0.3 is 24.0 Å². The Morgan fingerprint density at radius 3 is 2.89 bits per heavy atom. The van der Waals surface area contributed by atoms with Gasteiger partial charge in [0.25, 0.3) is 0 Å². The van der Waals surface area contributed by atoms with Crippen LogP contribution in [0.5, 0.6) is 5.75 Å². The van der Waals surface area contributed by atoms with Crippen molar-refractivity contribution in [2.75, 3.05) is 32.8 Å². The number of hydrogen-bond donors (Lipinski definition) is 1. The Morgan fingerprint density at radius 1 is 1.25 bits per heavy atom. The van der Waals surface area contributed by atoms with Crippen molar-refractivity contribution in [3.05, 3.63) is 46.5 Å². The Hall–Kier alpha value is -2.88. The quantitative estimate of drug-likeness (QED) is 0.515. The number of fused-ring (bicyclic) bond motifs is 3. The van der Waals surface area contributed by atoms with E-state index in [1.807, 2.05) is 23.6 Å². The van der Waals surface area contributed by atoms with Crippen LogP contribution in [0.1, 0.15) is 36.6 Å². The number of nitrogens with zero attached hydrogens (tertiary/aromatic N) is 4. The van der Waals surface area contributed by atoms with Gasteiger partial charge in [-0.05, 0) is 43.9 Å². The summed E-state index contributed by atoms with van der Waals surface area (Å²) in [5.41, 5.74) is 4.00. The van der Waals surface area contributed by atoms with Gasteiger partial charge in [-0.1, -0.05) is 17.7 Å². The molecule has 3 aliphatic heterocycles. The molecule has 1 unspecified atom stereocenters. The molecule has 4 heterocycles. The Kier molecular flexibility index (Phi) is 6.02. The zero-order valence-corrected chi connectivity index (χ0v) is 20.8. The SMILES string of the molecule is Cc1ccc2c(ncn2C2CCCCO2)c1-c1c(F)cc2c(c1Cl)OC[C@H]1CN(C(=O)O)CCN1C2. The first kappa shape index (κ1) is 23.5.